The molecule has 1 unspecified atom stereocenters. The summed E-state index contributed by atoms with van der Waals surface area (Å²) in [5.74, 6) is 0.0698. The van der Waals surface area contributed by atoms with E-state index in [1.165, 1.54) is 18.9 Å². The number of rotatable bonds is 13. The van der Waals surface area contributed by atoms with Crippen LogP contribution in [0.2, 0.25) is 5.02 Å². The number of ether oxygens (including phenoxy) is 2. The predicted octanol–water partition coefficient (Wildman–Crippen LogP) is 8.63. The SMILES string of the molecule is CCOc1ccc(/C=C(\NC(=O)c2ccccc2)C(=O)Nc2ccc(SC(C(=O)Nc3ccc(OC)c(Cl)c3)c3ccccc3)cc2)cc1. The summed E-state index contributed by atoms with van der Waals surface area (Å²) in [6.07, 6.45) is 1.61. The van der Waals surface area contributed by atoms with E-state index in [-0.39, 0.29) is 11.6 Å². The summed E-state index contributed by atoms with van der Waals surface area (Å²) < 4.78 is 10.7. The van der Waals surface area contributed by atoms with Gasteiger partial charge in [-0.25, -0.2) is 0 Å². The first-order chi connectivity index (χ1) is 23.8. The van der Waals surface area contributed by atoms with Crippen molar-refractivity contribution < 1.29 is 23.9 Å². The smallest absolute Gasteiger partial charge is 0.272 e. The lowest BCUT2D eigenvalue weighted by molar-refractivity contribution is -0.116. The summed E-state index contributed by atoms with van der Waals surface area (Å²) >= 11 is 7.65. The van der Waals surface area contributed by atoms with Crippen LogP contribution >= 0.6 is 23.4 Å². The lowest BCUT2D eigenvalue weighted by Crippen LogP contribution is -2.30. The van der Waals surface area contributed by atoms with Crippen LogP contribution in [0.4, 0.5) is 11.4 Å². The van der Waals surface area contributed by atoms with Gasteiger partial charge in [-0.3, -0.25) is 14.4 Å². The van der Waals surface area contributed by atoms with Gasteiger partial charge in [0.15, 0.2) is 0 Å². The zero-order valence-corrected chi connectivity index (χ0v) is 28.4. The molecule has 0 saturated heterocycles. The predicted molar refractivity (Wildman–Crippen MR) is 196 cm³/mol. The van der Waals surface area contributed by atoms with Crippen molar-refractivity contribution in [2.24, 2.45) is 0 Å². The number of thioether (sulfide) groups is 1. The number of benzene rings is 5. The third-order valence-corrected chi connectivity index (χ3v) is 8.72. The molecular weight excluding hydrogens is 658 g/mol. The lowest BCUT2D eigenvalue weighted by Gasteiger charge is -2.18. The molecule has 5 aromatic carbocycles. The van der Waals surface area contributed by atoms with Crippen molar-refractivity contribution >= 4 is 58.5 Å². The Balaban J connectivity index is 1.32. The number of hydrogen-bond donors (Lipinski definition) is 3. The van der Waals surface area contributed by atoms with Crippen LogP contribution in [0.5, 0.6) is 11.5 Å². The van der Waals surface area contributed by atoms with Gasteiger partial charge in [0, 0.05) is 21.8 Å². The van der Waals surface area contributed by atoms with Gasteiger partial charge in [0.1, 0.15) is 22.4 Å². The number of carbonyl (C=O) groups excluding carboxylic acids is 3. The van der Waals surface area contributed by atoms with E-state index >= 15 is 0 Å². The number of anilines is 2. The van der Waals surface area contributed by atoms with Crippen molar-refractivity contribution in [1.82, 2.24) is 5.32 Å². The molecule has 0 radical (unpaired) electrons. The topological polar surface area (TPSA) is 106 Å². The first-order valence-corrected chi connectivity index (χ1v) is 16.7. The summed E-state index contributed by atoms with van der Waals surface area (Å²) in [6.45, 7) is 2.44. The van der Waals surface area contributed by atoms with E-state index in [0.29, 0.717) is 45.6 Å². The molecule has 0 bridgehead atoms. The van der Waals surface area contributed by atoms with Gasteiger partial charge in [-0.05, 0) is 90.9 Å². The number of hydrogen-bond acceptors (Lipinski definition) is 6. The number of amides is 3. The number of methoxy groups -OCH3 is 1. The van der Waals surface area contributed by atoms with E-state index in [1.54, 1.807) is 72.8 Å². The Hall–Kier alpha value is -5.51. The molecule has 0 aliphatic rings. The van der Waals surface area contributed by atoms with E-state index in [4.69, 9.17) is 21.1 Å². The Morgan fingerprint density at radius 1 is 0.796 bits per heavy atom. The highest BCUT2D eigenvalue weighted by atomic mass is 35.5. The van der Waals surface area contributed by atoms with Gasteiger partial charge in [0.2, 0.25) is 5.91 Å². The Morgan fingerprint density at radius 2 is 1.45 bits per heavy atom. The van der Waals surface area contributed by atoms with Crippen molar-refractivity contribution in [1.29, 1.82) is 0 Å². The van der Waals surface area contributed by atoms with Crippen LogP contribution in [0.25, 0.3) is 6.08 Å². The molecule has 5 rings (SSSR count). The summed E-state index contributed by atoms with van der Waals surface area (Å²) in [4.78, 5) is 40.9. The Labute approximate surface area is 294 Å². The van der Waals surface area contributed by atoms with Gasteiger partial charge in [0.05, 0.1) is 18.7 Å². The second-order valence-electron chi connectivity index (χ2n) is 10.6. The van der Waals surface area contributed by atoms with Crippen LogP contribution in [0.15, 0.2) is 138 Å². The molecule has 0 aromatic heterocycles. The zero-order chi connectivity index (χ0) is 34.6. The van der Waals surface area contributed by atoms with Gasteiger partial charge in [0.25, 0.3) is 11.8 Å². The van der Waals surface area contributed by atoms with E-state index < -0.39 is 17.1 Å². The second kappa shape index (κ2) is 17.1. The van der Waals surface area contributed by atoms with E-state index in [2.05, 4.69) is 16.0 Å². The van der Waals surface area contributed by atoms with Crippen molar-refractivity contribution in [2.45, 2.75) is 17.1 Å². The van der Waals surface area contributed by atoms with Crippen LogP contribution in [-0.2, 0) is 9.59 Å². The monoisotopic (exact) mass is 691 g/mol. The van der Waals surface area contributed by atoms with Crippen LogP contribution in [0, 0.1) is 0 Å². The third-order valence-electron chi connectivity index (χ3n) is 7.16. The van der Waals surface area contributed by atoms with Crippen LogP contribution in [-0.4, -0.2) is 31.4 Å². The summed E-state index contributed by atoms with van der Waals surface area (Å²) in [7, 11) is 1.53. The third kappa shape index (κ3) is 9.76. The maximum absolute atomic E-state index is 13.6. The maximum Gasteiger partial charge on any atom is 0.272 e. The first-order valence-electron chi connectivity index (χ1n) is 15.4. The fourth-order valence-electron chi connectivity index (χ4n) is 4.74. The van der Waals surface area contributed by atoms with Gasteiger partial charge < -0.3 is 25.4 Å². The Morgan fingerprint density at radius 3 is 2.08 bits per heavy atom. The minimum absolute atomic E-state index is 0.0657. The molecule has 49 heavy (non-hydrogen) atoms. The molecule has 0 fully saturated rings. The highest BCUT2D eigenvalue weighted by Crippen LogP contribution is 2.37. The van der Waals surface area contributed by atoms with E-state index in [9.17, 15) is 14.4 Å². The largest absolute Gasteiger partial charge is 0.495 e. The molecule has 10 heteroatoms. The number of halogens is 1. The maximum atomic E-state index is 13.6. The normalized spacial score (nSPS) is 11.6. The summed E-state index contributed by atoms with van der Waals surface area (Å²) in [5, 5.41) is 8.39. The quantitative estimate of drug-likeness (QED) is 0.0843. The second-order valence-corrected chi connectivity index (χ2v) is 12.2. The van der Waals surface area contributed by atoms with Gasteiger partial charge in [-0.1, -0.05) is 72.3 Å². The molecule has 5 aromatic rings. The molecule has 0 heterocycles. The highest BCUT2D eigenvalue weighted by Gasteiger charge is 2.23. The standard InChI is InChI=1S/C39H34ClN3O5S/c1-3-48-31-19-14-26(15-20-31)24-34(43-37(44)28-12-8-5-9-13-28)38(45)41-29-16-21-32(22-17-29)49-36(27-10-6-4-7-11-27)39(46)42-30-18-23-35(47-2)33(40)25-30/h4-25,36H,3H2,1-2H3,(H,41,45)(H,42,46)(H,43,44)/b34-24-. The molecule has 248 valence electrons. The average molecular weight is 692 g/mol. The summed E-state index contributed by atoms with van der Waals surface area (Å²) in [5.41, 5.74) is 3.06. The van der Waals surface area contributed by atoms with Gasteiger partial charge >= 0.3 is 0 Å². The molecule has 1 atom stereocenters. The van der Waals surface area contributed by atoms with Crippen molar-refractivity contribution in [2.75, 3.05) is 24.4 Å². The number of carbonyl (C=O) groups is 3. The fourth-order valence-corrected chi connectivity index (χ4v) is 6.02. The summed E-state index contributed by atoms with van der Waals surface area (Å²) in [6, 6.07) is 37.6. The van der Waals surface area contributed by atoms with E-state index in [1.807, 2.05) is 67.6 Å². The Bertz CT molecular complexity index is 1920. The van der Waals surface area contributed by atoms with Crippen molar-refractivity contribution in [3.05, 3.63) is 155 Å². The first kappa shape index (κ1) is 34.8. The van der Waals surface area contributed by atoms with Crippen LogP contribution in [0.1, 0.15) is 33.7 Å². The average Bonchev–Trinajstić information content (AvgIpc) is 3.12. The Kier molecular flexibility index (Phi) is 12.1. The van der Waals surface area contributed by atoms with Crippen molar-refractivity contribution in [3.63, 3.8) is 0 Å². The molecule has 3 amide bonds. The lowest BCUT2D eigenvalue weighted by atomic mass is 10.1. The molecule has 0 saturated carbocycles. The van der Waals surface area contributed by atoms with Crippen molar-refractivity contribution in [3.8, 4) is 11.5 Å². The molecular formula is C39H34ClN3O5S. The van der Waals surface area contributed by atoms with Crippen LogP contribution < -0.4 is 25.4 Å². The van der Waals surface area contributed by atoms with Gasteiger partial charge in [-0.2, -0.15) is 0 Å². The van der Waals surface area contributed by atoms with Crippen LogP contribution in [0.3, 0.4) is 0 Å². The molecule has 0 aliphatic carbocycles. The van der Waals surface area contributed by atoms with E-state index in [0.717, 1.165) is 10.5 Å². The minimum atomic E-state index is -0.584. The minimum Gasteiger partial charge on any atom is -0.495 e. The van der Waals surface area contributed by atoms with Gasteiger partial charge in [-0.15, -0.1) is 11.8 Å². The molecule has 3 N–H and O–H groups in total. The highest BCUT2D eigenvalue weighted by molar-refractivity contribution is 8.00. The zero-order valence-electron chi connectivity index (χ0n) is 26.8. The fraction of sp³-hybridized carbons (Fsp3) is 0.103. The molecule has 0 spiro atoms. The number of nitrogens with one attached hydrogen (secondary N) is 3. The molecule has 0 aliphatic heterocycles. The molecule has 8 nitrogen and oxygen atoms in total.